The first kappa shape index (κ1) is 15.8. The molecule has 0 bridgehead atoms. The first-order chi connectivity index (χ1) is 12.2. The first-order valence-corrected chi connectivity index (χ1v) is 8.45. The Morgan fingerprint density at radius 1 is 1.20 bits per heavy atom. The number of rotatable bonds is 4. The van der Waals surface area contributed by atoms with Crippen LogP contribution in [-0.4, -0.2) is 34.6 Å². The fraction of sp³-hybridized carbons (Fsp3) is 0.263. The second kappa shape index (κ2) is 6.66. The van der Waals surface area contributed by atoms with Gasteiger partial charge in [0, 0.05) is 12.1 Å². The molecule has 2 heterocycles. The maximum atomic E-state index is 12.5. The van der Waals surface area contributed by atoms with Gasteiger partial charge in [0.2, 0.25) is 0 Å². The summed E-state index contributed by atoms with van der Waals surface area (Å²) in [5.41, 5.74) is 9.03. The number of aromatic amines is 1. The third-order valence-electron chi connectivity index (χ3n) is 4.49. The lowest BCUT2D eigenvalue weighted by Gasteiger charge is -2.14. The van der Waals surface area contributed by atoms with Crippen molar-refractivity contribution in [3.63, 3.8) is 0 Å². The van der Waals surface area contributed by atoms with Crippen molar-refractivity contribution in [3.8, 4) is 11.4 Å². The van der Waals surface area contributed by atoms with Gasteiger partial charge in [-0.1, -0.05) is 24.3 Å². The van der Waals surface area contributed by atoms with Crippen molar-refractivity contribution in [2.45, 2.75) is 25.0 Å². The highest BCUT2D eigenvalue weighted by atomic mass is 16.5. The molecule has 1 fully saturated rings. The number of carbonyl (C=O) groups excluding carboxylic acids is 1. The van der Waals surface area contributed by atoms with E-state index in [0.29, 0.717) is 18.7 Å². The highest BCUT2D eigenvalue weighted by molar-refractivity contribution is 5.98. The number of amides is 1. The molecular weight excluding hydrogens is 316 g/mol. The van der Waals surface area contributed by atoms with Gasteiger partial charge in [-0.25, -0.2) is 4.98 Å². The molecule has 0 saturated carbocycles. The number of aromatic nitrogens is 2. The zero-order valence-corrected chi connectivity index (χ0v) is 13.7. The molecule has 0 aliphatic carbocycles. The van der Waals surface area contributed by atoms with Crippen molar-refractivity contribution >= 4 is 22.6 Å². The van der Waals surface area contributed by atoms with Crippen LogP contribution in [0.15, 0.2) is 48.5 Å². The number of H-pyrrole nitrogens is 1. The van der Waals surface area contributed by atoms with E-state index in [9.17, 15) is 4.79 Å². The molecule has 6 heteroatoms. The van der Waals surface area contributed by atoms with Crippen LogP contribution < -0.4 is 11.1 Å². The molecule has 2 aromatic carbocycles. The summed E-state index contributed by atoms with van der Waals surface area (Å²) in [5, 5.41) is 2.98. The van der Waals surface area contributed by atoms with E-state index in [1.807, 2.05) is 48.5 Å². The van der Waals surface area contributed by atoms with E-state index < -0.39 is 6.10 Å². The van der Waals surface area contributed by atoms with Crippen LogP contribution in [0.3, 0.4) is 0 Å². The summed E-state index contributed by atoms with van der Waals surface area (Å²) in [5.74, 6) is 0.587. The molecule has 6 nitrogen and oxygen atoms in total. The van der Waals surface area contributed by atoms with Crippen molar-refractivity contribution in [3.05, 3.63) is 48.5 Å². The van der Waals surface area contributed by atoms with Crippen molar-refractivity contribution in [1.82, 2.24) is 9.97 Å². The predicted molar refractivity (Wildman–Crippen MR) is 97.1 cm³/mol. The number of para-hydroxylation sites is 3. The Balaban J connectivity index is 1.60. The molecule has 1 saturated heterocycles. The average molecular weight is 336 g/mol. The Hall–Kier alpha value is -2.70. The standard InChI is InChI=1S/C19H20N4O2/c20-11-12-9-10-17(25-12)19(24)23-14-6-2-1-5-13(14)18-21-15-7-3-4-8-16(15)22-18/h1-8,12,17H,9-11,20H2,(H,21,22)(H,23,24)/t12-,17+/m1/s1. The van der Waals surface area contributed by atoms with Gasteiger partial charge in [-0.05, 0) is 37.1 Å². The molecule has 128 valence electrons. The molecule has 25 heavy (non-hydrogen) atoms. The highest BCUT2D eigenvalue weighted by Gasteiger charge is 2.30. The summed E-state index contributed by atoms with van der Waals surface area (Å²) < 4.78 is 5.68. The van der Waals surface area contributed by atoms with Crippen LogP contribution in [0, 0.1) is 0 Å². The lowest BCUT2D eigenvalue weighted by Crippen LogP contribution is -2.30. The van der Waals surface area contributed by atoms with Crippen LogP contribution in [0.25, 0.3) is 22.4 Å². The summed E-state index contributed by atoms with van der Waals surface area (Å²) in [4.78, 5) is 20.4. The molecule has 0 unspecified atom stereocenters. The Bertz CT molecular complexity index is 872. The molecule has 0 spiro atoms. The van der Waals surface area contributed by atoms with Gasteiger partial charge < -0.3 is 20.8 Å². The van der Waals surface area contributed by atoms with Crippen molar-refractivity contribution in [2.75, 3.05) is 11.9 Å². The predicted octanol–water partition coefficient (Wildman–Crippen LogP) is 2.67. The van der Waals surface area contributed by atoms with E-state index >= 15 is 0 Å². The van der Waals surface area contributed by atoms with E-state index in [-0.39, 0.29) is 12.0 Å². The third-order valence-corrected chi connectivity index (χ3v) is 4.49. The van der Waals surface area contributed by atoms with Gasteiger partial charge in [-0.2, -0.15) is 0 Å². The van der Waals surface area contributed by atoms with E-state index in [0.717, 1.165) is 28.8 Å². The fourth-order valence-corrected chi connectivity index (χ4v) is 3.16. The second-order valence-electron chi connectivity index (χ2n) is 6.20. The number of hydrogen-bond donors (Lipinski definition) is 3. The van der Waals surface area contributed by atoms with Crippen LogP contribution >= 0.6 is 0 Å². The quantitative estimate of drug-likeness (QED) is 0.683. The number of anilines is 1. The molecule has 2 atom stereocenters. The molecule has 0 radical (unpaired) electrons. The monoisotopic (exact) mass is 336 g/mol. The number of fused-ring (bicyclic) bond motifs is 1. The van der Waals surface area contributed by atoms with Crippen molar-refractivity contribution in [1.29, 1.82) is 0 Å². The lowest BCUT2D eigenvalue weighted by molar-refractivity contribution is -0.126. The van der Waals surface area contributed by atoms with Gasteiger partial charge in [-0.3, -0.25) is 4.79 Å². The van der Waals surface area contributed by atoms with E-state index in [1.54, 1.807) is 0 Å². The number of nitrogens with zero attached hydrogens (tertiary/aromatic N) is 1. The van der Waals surface area contributed by atoms with Crippen LogP contribution in [0.1, 0.15) is 12.8 Å². The fourth-order valence-electron chi connectivity index (χ4n) is 3.16. The third kappa shape index (κ3) is 3.14. The van der Waals surface area contributed by atoms with Crippen LogP contribution in [-0.2, 0) is 9.53 Å². The smallest absolute Gasteiger partial charge is 0.253 e. The average Bonchev–Trinajstić information content (AvgIpc) is 3.29. The summed E-state index contributed by atoms with van der Waals surface area (Å²) in [6.45, 7) is 0.444. The molecule has 3 aromatic rings. The second-order valence-corrected chi connectivity index (χ2v) is 6.20. The van der Waals surface area contributed by atoms with Crippen LogP contribution in [0.4, 0.5) is 5.69 Å². The summed E-state index contributed by atoms with van der Waals surface area (Å²) >= 11 is 0. The minimum Gasteiger partial charge on any atom is -0.364 e. The maximum Gasteiger partial charge on any atom is 0.253 e. The normalized spacial score (nSPS) is 20.0. The summed E-state index contributed by atoms with van der Waals surface area (Å²) in [6.07, 6.45) is 1.04. The molecule has 4 rings (SSSR count). The Morgan fingerprint density at radius 3 is 2.80 bits per heavy atom. The molecule has 1 aliphatic rings. The van der Waals surface area contributed by atoms with Crippen molar-refractivity contribution < 1.29 is 9.53 Å². The minimum atomic E-state index is -0.447. The lowest BCUT2D eigenvalue weighted by atomic mass is 10.1. The SMILES string of the molecule is NC[C@H]1CC[C@@H](C(=O)Nc2ccccc2-c2nc3ccccc3[nH]2)O1. The van der Waals surface area contributed by atoms with Gasteiger partial charge >= 0.3 is 0 Å². The first-order valence-electron chi connectivity index (χ1n) is 8.45. The summed E-state index contributed by atoms with van der Waals surface area (Å²) in [6, 6.07) is 15.5. The largest absolute Gasteiger partial charge is 0.364 e. The van der Waals surface area contributed by atoms with Crippen LogP contribution in [0.2, 0.25) is 0 Å². The Morgan fingerprint density at radius 2 is 2.00 bits per heavy atom. The molecule has 1 aliphatic heterocycles. The maximum absolute atomic E-state index is 12.5. The van der Waals surface area contributed by atoms with Gasteiger partial charge in [0.1, 0.15) is 11.9 Å². The van der Waals surface area contributed by atoms with Gasteiger partial charge in [0.15, 0.2) is 0 Å². The number of carbonyl (C=O) groups is 1. The van der Waals surface area contributed by atoms with Gasteiger partial charge in [0.25, 0.3) is 5.91 Å². The topological polar surface area (TPSA) is 93.0 Å². The zero-order chi connectivity index (χ0) is 17.2. The molecule has 1 aromatic heterocycles. The number of hydrogen-bond acceptors (Lipinski definition) is 4. The number of nitrogens with one attached hydrogen (secondary N) is 2. The Labute approximate surface area is 145 Å². The van der Waals surface area contributed by atoms with E-state index in [2.05, 4.69) is 15.3 Å². The number of ether oxygens (including phenoxy) is 1. The summed E-state index contributed by atoms with van der Waals surface area (Å²) in [7, 11) is 0. The van der Waals surface area contributed by atoms with Crippen LogP contribution in [0.5, 0.6) is 0 Å². The van der Waals surface area contributed by atoms with Crippen molar-refractivity contribution in [2.24, 2.45) is 5.73 Å². The van der Waals surface area contributed by atoms with Gasteiger partial charge in [0.05, 0.1) is 22.8 Å². The molecular formula is C19H20N4O2. The van der Waals surface area contributed by atoms with E-state index in [4.69, 9.17) is 10.5 Å². The minimum absolute atomic E-state index is 0.0265. The highest BCUT2D eigenvalue weighted by Crippen LogP contribution is 2.28. The zero-order valence-electron chi connectivity index (χ0n) is 13.7. The van der Waals surface area contributed by atoms with E-state index in [1.165, 1.54) is 0 Å². The number of imidazole rings is 1. The van der Waals surface area contributed by atoms with Gasteiger partial charge in [-0.15, -0.1) is 0 Å². The number of benzene rings is 2. The molecule has 4 N–H and O–H groups in total. The number of nitrogens with two attached hydrogens (primary N) is 1. The Kier molecular flexibility index (Phi) is 4.21. The molecule has 1 amide bonds.